The Morgan fingerprint density at radius 1 is 0.920 bits per heavy atom. The standard InChI is InChI=1S/C17H12Cl2F2N4/c1-9-8-14(23-13-7-2-4-10(18)15(13)19)24-17(22-9)25-16-11(20)5-3-6-12(16)21/h2-8H,1H3,(H2,22,23,24,25). The molecule has 128 valence electrons. The van der Waals surface area contributed by atoms with Crippen molar-refractivity contribution < 1.29 is 8.78 Å². The molecule has 2 aromatic carbocycles. The van der Waals surface area contributed by atoms with Crippen molar-refractivity contribution in [1.82, 2.24) is 9.97 Å². The second-order valence-electron chi connectivity index (χ2n) is 5.17. The predicted octanol–water partition coefficient (Wildman–Crippen LogP) is 5.86. The molecule has 0 atom stereocenters. The van der Waals surface area contributed by atoms with Crippen LogP contribution in [-0.2, 0) is 0 Å². The summed E-state index contributed by atoms with van der Waals surface area (Å²) in [6.45, 7) is 1.73. The van der Waals surface area contributed by atoms with Gasteiger partial charge in [-0.2, -0.15) is 4.98 Å². The van der Waals surface area contributed by atoms with Crippen molar-refractivity contribution in [1.29, 1.82) is 0 Å². The smallest absolute Gasteiger partial charge is 0.229 e. The van der Waals surface area contributed by atoms with E-state index in [0.29, 0.717) is 27.2 Å². The second kappa shape index (κ2) is 7.21. The van der Waals surface area contributed by atoms with Crippen molar-refractivity contribution in [3.63, 3.8) is 0 Å². The lowest BCUT2D eigenvalue weighted by Gasteiger charge is -2.12. The quantitative estimate of drug-likeness (QED) is 0.595. The second-order valence-corrected chi connectivity index (χ2v) is 5.95. The van der Waals surface area contributed by atoms with Crippen molar-refractivity contribution in [3.8, 4) is 0 Å². The number of halogens is 4. The molecule has 4 nitrogen and oxygen atoms in total. The number of para-hydroxylation sites is 1. The highest BCUT2D eigenvalue weighted by Crippen LogP contribution is 2.31. The van der Waals surface area contributed by atoms with Crippen LogP contribution in [0.1, 0.15) is 5.69 Å². The van der Waals surface area contributed by atoms with Gasteiger partial charge >= 0.3 is 0 Å². The van der Waals surface area contributed by atoms with Gasteiger partial charge in [0, 0.05) is 11.8 Å². The Morgan fingerprint density at radius 3 is 2.32 bits per heavy atom. The molecule has 0 unspecified atom stereocenters. The summed E-state index contributed by atoms with van der Waals surface area (Å²) >= 11 is 12.1. The average molecular weight is 381 g/mol. The van der Waals surface area contributed by atoms with Gasteiger partial charge in [0.2, 0.25) is 5.95 Å². The van der Waals surface area contributed by atoms with E-state index in [1.807, 2.05) is 0 Å². The molecule has 0 saturated carbocycles. The van der Waals surface area contributed by atoms with Crippen molar-refractivity contribution in [2.24, 2.45) is 0 Å². The van der Waals surface area contributed by atoms with Crippen LogP contribution in [0.2, 0.25) is 10.0 Å². The van der Waals surface area contributed by atoms with E-state index in [1.165, 1.54) is 6.07 Å². The minimum atomic E-state index is -0.738. The average Bonchev–Trinajstić information content (AvgIpc) is 2.55. The highest BCUT2D eigenvalue weighted by molar-refractivity contribution is 6.43. The number of nitrogens with zero attached hydrogens (tertiary/aromatic N) is 2. The largest absolute Gasteiger partial charge is 0.339 e. The minimum Gasteiger partial charge on any atom is -0.339 e. The molecule has 0 aliphatic carbocycles. The summed E-state index contributed by atoms with van der Waals surface area (Å²) < 4.78 is 27.6. The van der Waals surface area contributed by atoms with Gasteiger partial charge in [0.1, 0.15) is 23.1 Å². The Bertz CT molecular complexity index is 914. The number of anilines is 4. The van der Waals surface area contributed by atoms with E-state index < -0.39 is 11.6 Å². The van der Waals surface area contributed by atoms with Crippen LogP contribution in [0.25, 0.3) is 0 Å². The van der Waals surface area contributed by atoms with Gasteiger partial charge in [-0.25, -0.2) is 13.8 Å². The van der Waals surface area contributed by atoms with Crippen LogP contribution in [0, 0.1) is 18.6 Å². The summed E-state index contributed by atoms with van der Waals surface area (Å²) in [5, 5.41) is 6.31. The van der Waals surface area contributed by atoms with E-state index in [9.17, 15) is 8.78 Å². The first kappa shape index (κ1) is 17.4. The fourth-order valence-electron chi connectivity index (χ4n) is 2.16. The minimum absolute atomic E-state index is 0.0460. The zero-order valence-corrected chi connectivity index (χ0v) is 14.5. The molecule has 3 rings (SSSR count). The zero-order valence-electron chi connectivity index (χ0n) is 12.9. The molecule has 0 bridgehead atoms. The number of rotatable bonds is 4. The maximum atomic E-state index is 13.8. The first-order valence-corrected chi connectivity index (χ1v) is 7.97. The summed E-state index contributed by atoms with van der Waals surface area (Å²) in [4.78, 5) is 8.35. The SMILES string of the molecule is Cc1cc(Nc2cccc(Cl)c2Cl)nc(Nc2c(F)cccc2F)n1. The molecule has 0 saturated heterocycles. The molecular formula is C17H12Cl2F2N4. The molecule has 0 fully saturated rings. The summed E-state index contributed by atoms with van der Waals surface area (Å²) in [5.74, 6) is -1.03. The first-order valence-electron chi connectivity index (χ1n) is 7.22. The lowest BCUT2D eigenvalue weighted by molar-refractivity contribution is 0.590. The summed E-state index contributed by atoms with van der Waals surface area (Å²) in [6.07, 6.45) is 0. The molecule has 0 aliphatic heterocycles. The third-order valence-corrected chi connectivity index (χ3v) is 4.09. The fourth-order valence-corrected chi connectivity index (χ4v) is 2.50. The maximum absolute atomic E-state index is 13.8. The molecule has 0 amide bonds. The monoisotopic (exact) mass is 380 g/mol. The van der Waals surface area contributed by atoms with Gasteiger partial charge in [0.25, 0.3) is 0 Å². The summed E-state index contributed by atoms with van der Waals surface area (Å²) in [5.41, 5.74) is 0.824. The van der Waals surface area contributed by atoms with Crippen molar-refractivity contribution in [3.05, 3.63) is 69.8 Å². The lowest BCUT2D eigenvalue weighted by Crippen LogP contribution is -2.05. The van der Waals surface area contributed by atoms with Crippen LogP contribution in [0.3, 0.4) is 0 Å². The number of nitrogens with one attached hydrogen (secondary N) is 2. The Balaban J connectivity index is 1.92. The maximum Gasteiger partial charge on any atom is 0.229 e. The van der Waals surface area contributed by atoms with Crippen molar-refractivity contribution in [2.75, 3.05) is 10.6 Å². The van der Waals surface area contributed by atoms with E-state index in [1.54, 1.807) is 31.2 Å². The van der Waals surface area contributed by atoms with E-state index in [-0.39, 0.29) is 11.6 Å². The topological polar surface area (TPSA) is 49.8 Å². The Kier molecular flexibility index (Phi) is 5.01. The molecule has 1 heterocycles. The molecule has 0 aliphatic rings. The van der Waals surface area contributed by atoms with Gasteiger partial charge < -0.3 is 10.6 Å². The normalized spacial score (nSPS) is 10.6. The zero-order chi connectivity index (χ0) is 18.0. The van der Waals surface area contributed by atoms with E-state index >= 15 is 0 Å². The highest BCUT2D eigenvalue weighted by atomic mass is 35.5. The predicted molar refractivity (Wildman–Crippen MR) is 96.2 cm³/mol. The van der Waals surface area contributed by atoms with Crippen LogP contribution < -0.4 is 10.6 Å². The van der Waals surface area contributed by atoms with E-state index in [0.717, 1.165) is 12.1 Å². The molecule has 2 N–H and O–H groups in total. The lowest BCUT2D eigenvalue weighted by atomic mass is 10.3. The van der Waals surface area contributed by atoms with Gasteiger partial charge in [0.15, 0.2) is 0 Å². The Hall–Kier alpha value is -2.44. The van der Waals surface area contributed by atoms with Gasteiger partial charge in [-0.15, -0.1) is 0 Å². The van der Waals surface area contributed by atoms with Gasteiger partial charge in [0.05, 0.1) is 15.7 Å². The number of aryl methyl sites for hydroxylation is 1. The van der Waals surface area contributed by atoms with Crippen LogP contribution in [0.5, 0.6) is 0 Å². The molecule has 25 heavy (non-hydrogen) atoms. The first-order chi connectivity index (χ1) is 11.9. The van der Waals surface area contributed by atoms with Crippen LogP contribution in [0.15, 0.2) is 42.5 Å². The summed E-state index contributed by atoms with van der Waals surface area (Å²) in [7, 11) is 0. The fraction of sp³-hybridized carbons (Fsp3) is 0.0588. The van der Waals surface area contributed by atoms with Gasteiger partial charge in [-0.1, -0.05) is 35.3 Å². The highest BCUT2D eigenvalue weighted by Gasteiger charge is 2.12. The third-order valence-electron chi connectivity index (χ3n) is 3.27. The van der Waals surface area contributed by atoms with Crippen LogP contribution in [-0.4, -0.2) is 9.97 Å². The molecular weight excluding hydrogens is 369 g/mol. The molecule has 0 radical (unpaired) electrons. The van der Waals surface area contributed by atoms with Crippen LogP contribution in [0.4, 0.5) is 31.9 Å². The molecule has 8 heteroatoms. The third kappa shape index (κ3) is 3.97. The van der Waals surface area contributed by atoms with Crippen LogP contribution >= 0.6 is 23.2 Å². The van der Waals surface area contributed by atoms with Gasteiger partial charge in [-0.05, 0) is 31.2 Å². The number of hydrogen-bond donors (Lipinski definition) is 2. The van der Waals surface area contributed by atoms with E-state index in [4.69, 9.17) is 23.2 Å². The van der Waals surface area contributed by atoms with Crippen molar-refractivity contribution in [2.45, 2.75) is 6.92 Å². The molecule has 1 aromatic heterocycles. The summed E-state index contributed by atoms with van der Waals surface area (Å²) in [6, 6.07) is 10.4. The molecule has 0 spiro atoms. The number of hydrogen-bond acceptors (Lipinski definition) is 4. The number of aromatic nitrogens is 2. The van der Waals surface area contributed by atoms with E-state index in [2.05, 4.69) is 20.6 Å². The number of benzene rings is 2. The Morgan fingerprint density at radius 2 is 1.60 bits per heavy atom. The van der Waals surface area contributed by atoms with Crippen molar-refractivity contribution >= 4 is 46.3 Å². The Labute approximate surface area is 152 Å². The molecule has 3 aromatic rings. The van der Waals surface area contributed by atoms with Gasteiger partial charge in [-0.3, -0.25) is 0 Å².